The number of nitrogens with zero attached hydrogens (tertiary/aromatic N) is 5. The molecule has 0 radical (unpaired) electrons. The summed E-state index contributed by atoms with van der Waals surface area (Å²) in [4.78, 5) is 10.8. The molecule has 130 valence electrons. The summed E-state index contributed by atoms with van der Waals surface area (Å²) in [6.07, 6.45) is 3.79. The summed E-state index contributed by atoms with van der Waals surface area (Å²) in [5.74, 6) is 0.748. The molecule has 1 unspecified atom stereocenters. The molecular formula is C18H22N6O. The fourth-order valence-electron chi connectivity index (χ4n) is 3.49. The Kier molecular flexibility index (Phi) is 4.33. The molecule has 3 aromatic rings. The van der Waals surface area contributed by atoms with Crippen molar-refractivity contribution >= 4 is 16.9 Å². The molecule has 1 aliphatic heterocycles. The molecule has 3 heterocycles. The van der Waals surface area contributed by atoms with Crippen molar-refractivity contribution in [1.29, 1.82) is 0 Å². The van der Waals surface area contributed by atoms with Crippen LogP contribution in [0.2, 0.25) is 0 Å². The zero-order valence-corrected chi connectivity index (χ0v) is 14.3. The van der Waals surface area contributed by atoms with Gasteiger partial charge in [0.15, 0.2) is 5.65 Å². The SMILES string of the molecule is CNc1ncnc2c1cnn2CC(O)CN1CCc2ccccc2C1. The fourth-order valence-corrected chi connectivity index (χ4v) is 3.49. The Balaban J connectivity index is 1.44. The van der Waals surface area contributed by atoms with E-state index in [4.69, 9.17) is 0 Å². The van der Waals surface area contributed by atoms with E-state index in [0.29, 0.717) is 13.1 Å². The fraction of sp³-hybridized carbons (Fsp3) is 0.389. The van der Waals surface area contributed by atoms with E-state index in [1.165, 1.54) is 17.5 Å². The van der Waals surface area contributed by atoms with E-state index in [1.807, 2.05) is 7.05 Å². The van der Waals surface area contributed by atoms with Gasteiger partial charge in [0, 0.05) is 26.7 Å². The van der Waals surface area contributed by atoms with Gasteiger partial charge in [-0.25, -0.2) is 14.6 Å². The van der Waals surface area contributed by atoms with Crippen LogP contribution in [-0.2, 0) is 19.5 Å². The summed E-state index contributed by atoms with van der Waals surface area (Å²) in [6, 6.07) is 8.53. The molecule has 0 amide bonds. The first kappa shape index (κ1) is 16.0. The van der Waals surface area contributed by atoms with Crippen LogP contribution in [-0.4, -0.2) is 56.0 Å². The minimum atomic E-state index is -0.499. The highest BCUT2D eigenvalue weighted by Gasteiger charge is 2.19. The first-order valence-corrected chi connectivity index (χ1v) is 8.56. The number of aliphatic hydroxyl groups excluding tert-OH is 1. The molecule has 0 bridgehead atoms. The van der Waals surface area contributed by atoms with Gasteiger partial charge < -0.3 is 10.4 Å². The number of hydrogen-bond donors (Lipinski definition) is 2. The van der Waals surface area contributed by atoms with Crippen molar-refractivity contribution in [1.82, 2.24) is 24.6 Å². The summed E-state index contributed by atoms with van der Waals surface area (Å²) in [5, 5.41) is 18.8. The van der Waals surface area contributed by atoms with Crippen molar-refractivity contribution in [2.75, 3.05) is 25.5 Å². The minimum Gasteiger partial charge on any atom is -0.390 e. The zero-order chi connectivity index (χ0) is 17.2. The van der Waals surface area contributed by atoms with Gasteiger partial charge in [0.05, 0.1) is 24.2 Å². The largest absolute Gasteiger partial charge is 0.390 e. The summed E-state index contributed by atoms with van der Waals surface area (Å²) >= 11 is 0. The summed E-state index contributed by atoms with van der Waals surface area (Å²) in [5.41, 5.74) is 3.52. The van der Waals surface area contributed by atoms with E-state index < -0.39 is 6.10 Å². The molecule has 1 aromatic carbocycles. The lowest BCUT2D eigenvalue weighted by Crippen LogP contribution is -2.38. The van der Waals surface area contributed by atoms with Crippen LogP contribution in [0.4, 0.5) is 5.82 Å². The maximum atomic E-state index is 10.5. The Labute approximate surface area is 146 Å². The van der Waals surface area contributed by atoms with E-state index >= 15 is 0 Å². The van der Waals surface area contributed by atoms with Crippen LogP contribution < -0.4 is 5.32 Å². The first-order valence-electron chi connectivity index (χ1n) is 8.56. The number of aromatic nitrogens is 4. The second kappa shape index (κ2) is 6.78. The third-order valence-electron chi connectivity index (χ3n) is 4.73. The highest BCUT2D eigenvalue weighted by atomic mass is 16.3. The number of hydrogen-bond acceptors (Lipinski definition) is 6. The third-order valence-corrected chi connectivity index (χ3v) is 4.73. The van der Waals surface area contributed by atoms with Gasteiger partial charge in [0.25, 0.3) is 0 Å². The van der Waals surface area contributed by atoms with Gasteiger partial charge >= 0.3 is 0 Å². The molecule has 7 nitrogen and oxygen atoms in total. The molecule has 0 aliphatic carbocycles. The maximum Gasteiger partial charge on any atom is 0.163 e. The van der Waals surface area contributed by atoms with Crippen LogP contribution >= 0.6 is 0 Å². The van der Waals surface area contributed by atoms with Gasteiger partial charge in [-0.1, -0.05) is 24.3 Å². The summed E-state index contributed by atoms with van der Waals surface area (Å²) in [6.45, 7) is 2.90. The highest BCUT2D eigenvalue weighted by molar-refractivity contribution is 5.85. The Hall–Kier alpha value is -2.51. The molecule has 2 aromatic heterocycles. The van der Waals surface area contributed by atoms with Gasteiger partial charge in [-0.2, -0.15) is 5.10 Å². The van der Waals surface area contributed by atoms with Crippen LogP contribution in [0.25, 0.3) is 11.0 Å². The van der Waals surface area contributed by atoms with Crippen LogP contribution in [0.5, 0.6) is 0 Å². The Bertz CT molecular complexity index is 877. The van der Waals surface area contributed by atoms with Crippen LogP contribution in [0, 0.1) is 0 Å². The smallest absolute Gasteiger partial charge is 0.163 e. The standard InChI is InChI=1S/C18H22N6O/c1-19-17-16-8-22-24(18(16)21-12-20-17)11-15(25)10-23-7-6-13-4-2-3-5-14(13)9-23/h2-5,8,12,15,25H,6-7,9-11H2,1H3,(H,19,20,21). The van der Waals surface area contributed by atoms with Gasteiger partial charge in [-0.05, 0) is 17.5 Å². The first-order chi connectivity index (χ1) is 12.2. The second-order valence-electron chi connectivity index (χ2n) is 6.44. The lowest BCUT2D eigenvalue weighted by atomic mass is 10.00. The van der Waals surface area contributed by atoms with Crippen molar-refractivity contribution in [2.24, 2.45) is 0 Å². The maximum absolute atomic E-state index is 10.5. The number of rotatable bonds is 5. The molecule has 0 fully saturated rings. The number of nitrogens with one attached hydrogen (secondary N) is 1. The average molecular weight is 338 g/mol. The molecule has 0 saturated carbocycles. The highest BCUT2D eigenvalue weighted by Crippen LogP contribution is 2.20. The summed E-state index contributed by atoms with van der Waals surface area (Å²) in [7, 11) is 1.82. The van der Waals surface area contributed by atoms with Crippen molar-refractivity contribution < 1.29 is 5.11 Å². The van der Waals surface area contributed by atoms with Crippen LogP contribution in [0.1, 0.15) is 11.1 Å². The predicted molar refractivity (Wildman–Crippen MR) is 96.3 cm³/mol. The Morgan fingerprint density at radius 2 is 2.04 bits per heavy atom. The minimum absolute atomic E-state index is 0.418. The predicted octanol–water partition coefficient (Wildman–Crippen LogP) is 1.29. The van der Waals surface area contributed by atoms with Gasteiger partial charge in [0.1, 0.15) is 12.1 Å². The van der Waals surface area contributed by atoms with Crippen molar-refractivity contribution in [2.45, 2.75) is 25.6 Å². The van der Waals surface area contributed by atoms with E-state index in [1.54, 1.807) is 10.9 Å². The van der Waals surface area contributed by atoms with Crippen molar-refractivity contribution in [3.63, 3.8) is 0 Å². The molecule has 7 heteroatoms. The number of benzene rings is 1. The molecule has 4 rings (SSSR count). The van der Waals surface area contributed by atoms with Gasteiger partial charge in [-0.15, -0.1) is 0 Å². The summed E-state index contributed by atoms with van der Waals surface area (Å²) < 4.78 is 1.75. The van der Waals surface area contributed by atoms with E-state index in [-0.39, 0.29) is 0 Å². The zero-order valence-electron chi connectivity index (χ0n) is 14.3. The third kappa shape index (κ3) is 3.20. The molecule has 0 spiro atoms. The number of aliphatic hydroxyl groups is 1. The number of anilines is 1. The van der Waals surface area contributed by atoms with Gasteiger partial charge in [-0.3, -0.25) is 4.90 Å². The molecule has 2 N–H and O–H groups in total. The molecule has 0 saturated heterocycles. The van der Waals surface area contributed by atoms with Crippen LogP contribution in [0.3, 0.4) is 0 Å². The van der Waals surface area contributed by atoms with E-state index in [0.717, 1.165) is 36.4 Å². The topological polar surface area (TPSA) is 79.1 Å². The van der Waals surface area contributed by atoms with E-state index in [2.05, 4.69) is 49.5 Å². The molecule has 1 atom stereocenters. The van der Waals surface area contributed by atoms with Crippen molar-refractivity contribution in [3.05, 3.63) is 47.9 Å². The van der Waals surface area contributed by atoms with Crippen molar-refractivity contribution in [3.8, 4) is 0 Å². The Morgan fingerprint density at radius 1 is 1.20 bits per heavy atom. The van der Waals surface area contributed by atoms with Crippen LogP contribution in [0.15, 0.2) is 36.8 Å². The normalized spacial score (nSPS) is 15.9. The number of fused-ring (bicyclic) bond motifs is 2. The quantitative estimate of drug-likeness (QED) is 0.730. The molecule has 25 heavy (non-hydrogen) atoms. The monoisotopic (exact) mass is 338 g/mol. The lowest BCUT2D eigenvalue weighted by Gasteiger charge is -2.30. The molecular weight excluding hydrogens is 316 g/mol. The average Bonchev–Trinajstić information content (AvgIpc) is 3.04. The van der Waals surface area contributed by atoms with Gasteiger partial charge in [0.2, 0.25) is 0 Å². The second-order valence-corrected chi connectivity index (χ2v) is 6.44. The lowest BCUT2D eigenvalue weighted by molar-refractivity contribution is 0.0898. The number of β-amino-alcohol motifs (C(OH)–C–C–N with tert-alkyl or cyclic N) is 1. The Morgan fingerprint density at radius 3 is 2.88 bits per heavy atom. The molecule has 1 aliphatic rings. The van der Waals surface area contributed by atoms with E-state index in [9.17, 15) is 5.11 Å².